The maximum atomic E-state index is 12.3. The van der Waals surface area contributed by atoms with Gasteiger partial charge in [-0.25, -0.2) is 10.3 Å². The average Bonchev–Trinajstić information content (AvgIpc) is 2.71. The van der Waals surface area contributed by atoms with Gasteiger partial charge in [0.25, 0.3) is 5.91 Å². The van der Waals surface area contributed by atoms with Crippen molar-refractivity contribution in [3.8, 4) is 0 Å². The zero-order valence-electron chi connectivity index (χ0n) is 15.5. The smallest absolute Gasteiger partial charge is 0.316 e. The van der Waals surface area contributed by atoms with Gasteiger partial charge in [-0.3, -0.25) is 10.0 Å². The number of amides is 3. The van der Waals surface area contributed by atoms with Gasteiger partial charge in [-0.2, -0.15) is 0 Å². The van der Waals surface area contributed by atoms with E-state index < -0.39 is 24.0 Å². The van der Waals surface area contributed by atoms with Gasteiger partial charge in [0.2, 0.25) is 0 Å². The van der Waals surface area contributed by atoms with Crippen molar-refractivity contribution in [1.29, 1.82) is 0 Å². The summed E-state index contributed by atoms with van der Waals surface area (Å²) in [4.78, 5) is 35.5. The summed E-state index contributed by atoms with van der Waals surface area (Å²) in [6.45, 7) is 0. The standard InChI is InChI=1S/C20H29N3O4/c24-14-17(12-11-15-7-3-1-4-8-15)21-20(26)22-18(19(25)23-27)13-16-9-5-2-6-10-16/h1,3-4,7-8,14,16-18,27H,2,5-6,9-13H2,(H,23,25)(H2,21,22,26)/t17-,18+/m0/s1. The Kier molecular flexibility index (Phi) is 8.77. The van der Waals surface area contributed by atoms with Crippen molar-refractivity contribution in [2.75, 3.05) is 0 Å². The molecule has 0 heterocycles. The second kappa shape index (κ2) is 11.3. The minimum atomic E-state index is -0.820. The van der Waals surface area contributed by atoms with E-state index in [9.17, 15) is 14.4 Å². The maximum absolute atomic E-state index is 12.3. The number of hydrogen-bond acceptors (Lipinski definition) is 4. The Balaban J connectivity index is 1.84. The molecule has 7 heteroatoms. The first-order valence-electron chi connectivity index (χ1n) is 9.62. The lowest BCUT2D eigenvalue weighted by atomic mass is 9.84. The zero-order chi connectivity index (χ0) is 19.5. The molecule has 0 aliphatic heterocycles. The molecular weight excluding hydrogens is 346 g/mol. The van der Waals surface area contributed by atoms with Gasteiger partial charge >= 0.3 is 6.03 Å². The van der Waals surface area contributed by atoms with Crippen molar-refractivity contribution in [1.82, 2.24) is 16.1 Å². The van der Waals surface area contributed by atoms with Gasteiger partial charge in [-0.05, 0) is 30.7 Å². The summed E-state index contributed by atoms with van der Waals surface area (Å²) in [5.74, 6) is -0.288. The average molecular weight is 375 g/mol. The molecule has 0 saturated heterocycles. The molecule has 0 aromatic heterocycles. The molecule has 2 atom stereocenters. The van der Waals surface area contributed by atoms with E-state index in [4.69, 9.17) is 5.21 Å². The number of aldehydes is 1. The van der Waals surface area contributed by atoms with Gasteiger partial charge < -0.3 is 15.4 Å². The summed E-state index contributed by atoms with van der Waals surface area (Å²) < 4.78 is 0. The van der Waals surface area contributed by atoms with E-state index in [1.807, 2.05) is 30.3 Å². The Morgan fingerprint density at radius 3 is 2.44 bits per heavy atom. The molecule has 1 aliphatic rings. The molecular formula is C20H29N3O4. The fourth-order valence-corrected chi connectivity index (χ4v) is 3.57. The monoisotopic (exact) mass is 375 g/mol. The highest BCUT2D eigenvalue weighted by atomic mass is 16.5. The highest BCUT2D eigenvalue weighted by Gasteiger charge is 2.26. The van der Waals surface area contributed by atoms with E-state index in [-0.39, 0.29) is 0 Å². The van der Waals surface area contributed by atoms with Crippen LogP contribution in [0.5, 0.6) is 0 Å². The number of carbonyl (C=O) groups excluding carboxylic acids is 3. The van der Waals surface area contributed by atoms with Crippen molar-refractivity contribution in [3.63, 3.8) is 0 Å². The zero-order valence-corrected chi connectivity index (χ0v) is 15.5. The third-order valence-corrected chi connectivity index (χ3v) is 5.09. The van der Waals surface area contributed by atoms with Crippen LogP contribution in [-0.2, 0) is 16.0 Å². The molecule has 7 nitrogen and oxygen atoms in total. The van der Waals surface area contributed by atoms with Gasteiger partial charge in [-0.15, -0.1) is 0 Å². The van der Waals surface area contributed by atoms with Gasteiger partial charge in [0.1, 0.15) is 12.3 Å². The lowest BCUT2D eigenvalue weighted by Gasteiger charge is -2.26. The summed E-state index contributed by atoms with van der Waals surface area (Å²) in [6.07, 6.45) is 7.80. The number of rotatable bonds is 9. The highest BCUT2D eigenvalue weighted by Crippen LogP contribution is 2.27. The fraction of sp³-hybridized carbons (Fsp3) is 0.550. The van der Waals surface area contributed by atoms with Crippen LogP contribution >= 0.6 is 0 Å². The van der Waals surface area contributed by atoms with Crippen LogP contribution in [0.4, 0.5) is 4.79 Å². The number of hydrogen-bond donors (Lipinski definition) is 4. The van der Waals surface area contributed by atoms with Gasteiger partial charge in [0.05, 0.1) is 6.04 Å². The van der Waals surface area contributed by atoms with E-state index in [1.165, 1.54) is 6.42 Å². The summed E-state index contributed by atoms with van der Waals surface area (Å²) >= 11 is 0. The van der Waals surface area contributed by atoms with Crippen LogP contribution < -0.4 is 16.1 Å². The SMILES string of the molecule is O=C[C@H](CCc1ccccc1)NC(=O)N[C@H](CC1CCCCC1)C(=O)NO. The third kappa shape index (κ3) is 7.38. The Morgan fingerprint density at radius 1 is 1.11 bits per heavy atom. The van der Waals surface area contributed by atoms with E-state index >= 15 is 0 Å². The second-order valence-electron chi connectivity index (χ2n) is 7.15. The molecule has 27 heavy (non-hydrogen) atoms. The number of urea groups is 1. The molecule has 1 aromatic carbocycles. The normalized spacial score (nSPS) is 16.8. The molecule has 0 unspecified atom stereocenters. The van der Waals surface area contributed by atoms with Crippen LogP contribution in [0.15, 0.2) is 30.3 Å². The molecule has 3 amide bonds. The van der Waals surface area contributed by atoms with Crippen LogP contribution in [0.3, 0.4) is 0 Å². The topological polar surface area (TPSA) is 108 Å². The van der Waals surface area contributed by atoms with Crippen molar-refractivity contribution in [3.05, 3.63) is 35.9 Å². The lowest BCUT2D eigenvalue weighted by Crippen LogP contribution is -2.52. The van der Waals surface area contributed by atoms with Crippen LogP contribution in [0, 0.1) is 5.92 Å². The van der Waals surface area contributed by atoms with E-state index in [0.29, 0.717) is 31.5 Å². The van der Waals surface area contributed by atoms with Gasteiger partial charge in [-0.1, -0.05) is 62.4 Å². The minimum absolute atomic E-state index is 0.348. The number of aryl methyl sites for hydroxylation is 1. The van der Waals surface area contributed by atoms with Crippen molar-refractivity contribution in [2.24, 2.45) is 5.92 Å². The van der Waals surface area contributed by atoms with Crippen LogP contribution in [0.1, 0.15) is 50.5 Å². The van der Waals surface area contributed by atoms with Crippen LogP contribution in [-0.4, -0.2) is 35.5 Å². The van der Waals surface area contributed by atoms with Gasteiger partial charge in [0, 0.05) is 0 Å². The van der Waals surface area contributed by atoms with E-state index in [0.717, 1.165) is 31.2 Å². The quantitative estimate of drug-likeness (QED) is 0.302. The summed E-state index contributed by atoms with van der Waals surface area (Å²) in [7, 11) is 0. The number of benzene rings is 1. The highest BCUT2D eigenvalue weighted by molar-refractivity contribution is 5.87. The Morgan fingerprint density at radius 2 is 1.81 bits per heavy atom. The lowest BCUT2D eigenvalue weighted by molar-refractivity contribution is -0.131. The molecule has 1 fully saturated rings. The maximum Gasteiger partial charge on any atom is 0.316 e. The fourth-order valence-electron chi connectivity index (χ4n) is 3.57. The van der Waals surface area contributed by atoms with Crippen LogP contribution in [0.2, 0.25) is 0 Å². The number of nitrogens with one attached hydrogen (secondary N) is 3. The van der Waals surface area contributed by atoms with Gasteiger partial charge in [0.15, 0.2) is 0 Å². The predicted molar refractivity (Wildman–Crippen MR) is 101 cm³/mol. The molecule has 0 spiro atoms. The van der Waals surface area contributed by atoms with Crippen LogP contribution in [0.25, 0.3) is 0 Å². The molecule has 148 valence electrons. The number of hydroxylamine groups is 1. The molecule has 1 aromatic rings. The molecule has 0 bridgehead atoms. The predicted octanol–water partition coefficient (Wildman–Crippen LogP) is 2.33. The summed E-state index contributed by atoms with van der Waals surface area (Å²) in [6, 6.07) is 7.66. The first kappa shape index (κ1) is 20.9. The van der Waals surface area contributed by atoms with Crippen molar-refractivity contribution in [2.45, 2.75) is 63.5 Å². The largest absolute Gasteiger partial charge is 0.329 e. The summed E-state index contributed by atoms with van der Waals surface area (Å²) in [5.41, 5.74) is 2.71. The molecule has 4 N–H and O–H groups in total. The first-order chi connectivity index (χ1) is 13.1. The Bertz CT molecular complexity index is 603. The Labute approximate surface area is 159 Å². The minimum Gasteiger partial charge on any atom is -0.329 e. The summed E-state index contributed by atoms with van der Waals surface area (Å²) in [5, 5.41) is 14.2. The van der Waals surface area contributed by atoms with Crippen molar-refractivity contribution < 1.29 is 19.6 Å². The molecule has 0 radical (unpaired) electrons. The first-order valence-corrected chi connectivity index (χ1v) is 9.62. The third-order valence-electron chi connectivity index (χ3n) is 5.09. The Hall–Kier alpha value is -2.41. The second-order valence-corrected chi connectivity index (χ2v) is 7.15. The molecule has 1 saturated carbocycles. The van der Waals surface area contributed by atoms with E-state index in [2.05, 4.69) is 10.6 Å². The molecule has 1 aliphatic carbocycles. The van der Waals surface area contributed by atoms with E-state index in [1.54, 1.807) is 5.48 Å². The molecule has 2 rings (SSSR count). The van der Waals surface area contributed by atoms with Crippen molar-refractivity contribution >= 4 is 18.2 Å². The number of carbonyl (C=O) groups is 3.